The Kier molecular flexibility index (Phi) is 3.74. The summed E-state index contributed by atoms with van der Waals surface area (Å²) in [5, 5.41) is 3.50. The molecule has 192 valence electrons. The molecule has 1 unspecified atom stereocenters. The fourth-order valence-corrected chi connectivity index (χ4v) is 8.37. The molecular formula is C36H28N2OS+2. The van der Waals surface area contributed by atoms with Gasteiger partial charge < -0.3 is 4.42 Å². The highest BCUT2D eigenvalue weighted by atomic mass is 32.1. The van der Waals surface area contributed by atoms with Crippen molar-refractivity contribution in [2.24, 2.45) is 0 Å². The van der Waals surface area contributed by atoms with E-state index >= 15 is 0 Å². The second-order valence-corrected chi connectivity index (χ2v) is 12.6. The third-order valence-corrected chi connectivity index (χ3v) is 10.4. The number of pyridine rings is 2. The zero-order chi connectivity index (χ0) is 28.5. The Labute approximate surface area is 239 Å². The fourth-order valence-electron chi connectivity index (χ4n) is 7.22. The Bertz CT molecular complexity index is 2330. The number of nitrogens with zero attached hydrogens (tertiary/aromatic N) is 2. The number of rotatable bonds is 0. The van der Waals surface area contributed by atoms with Crippen LogP contribution < -0.4 is 9.13 Å². The number of aryl methyl sites for hydroxylation is 5. The average Bonchev–Trinajstić information content (AvgIpc) is 3.70. The maximum Gasteiger partial charge on any atom is 0.417 e. The Morgan fingerprint density at radius 2 is 1.52 bits per heavy atom. The molecule has 0 saturated carbocycles. The van der Waals surface area contributed by atoms with Crippen LogP contribution in [0.5, 0.6) is 0 Å². The molecule has 2 aliphatic heterocycles. The molecule has 0 N–H and O–H groups in total. The van der Waals surface area contributed by atoms with Gasteiger partial charge in [0.15, 0.2) is 18.0 Å². The van der Waals surface area contributed by atoms with Crippen molar-refractivity contribution < 1.29 is 16.3 Å². The summed E-state index contributed by atoms with van der Waals surface area (Å²) in [5.41, 5.74) is 12.3. The first kappa shape index (κ1) is 20.6. The molecule has 0 fully saturated rings. The predicted octanol–water partition coefficient (Wildman–Crippen LogP) is 8.18. The molecule has 4 heteroatoms. The minimum absolute atomic E-state index is 0.128. The smallest absolute Gasteiger partial charge is 0.417 e. The van der Waals surface area contributed by atoms with E-state index in [4.69, 9.17) is 7.16 Å². The zero-order valence-corrected chi connectivity index (χ0v) is 23.4. The number of furan rings is 1. The van der Waals surface area contributed by atoms with Crippen molar-refractivity contribution in [1.29, 1.82) is 0 Å². The molecule has 4 aromatic heterocycles. The largest absolute Gasteiger partial charge is 0.454 e. The quantitative estimate of drug-likeness (QED) is 0.178. The molecule has 0 bridgehead atoms. The second kappa shape index (κ2) is 7.26. The summed E-state index contributed by atoms with van der Waals surface area (Å²) in [7, 11) is 0. The Hall–Kier alpha value is -4.28. The summed E-state index contributed by atoms with van der Waals surface area (Å²) < 4.78 is 29.7. The van der Waals surface area contributed by atoms with E-state index in [2.05, 4.69) is 109 Å². The third kappa shape index (κ3) is 2.44. The van der Waals surface area contributed by atoms with Gasteiger partial charge >= 0.3 is 5.66 Å². The van der Waals surface area contributed by atoms with Gasteiger partial charge in [-0.2, -0.15) is 0 Å². The molecule has 0 amide bonds. The van der Waals surface area contributed by atoms with Crippen molar-refractivity contribution in [1.82, 2.24) is 0 Å². The minimum atomic E-state index is -0.675. The van der Waals surface area contributed by atoms with Crippen molar-refractivity contribution >= 4 is 43.4 Å². The lowest BCUT2D eigenvalue weighted by Crippen LogP contribution is -2.71. The van der Waals surface area contributed by atoms with E-state index in [1.54, 1.807) is 11.3 Å². The lowest BCUT2D eigenvalue weighted by Gasteiger charge is -2.18. The first-order chi connectivity index (χ1) is 20.5. The maximum absolute atomic E-state index is 8.37. The van der Waals surface area contributed by atoms with Gasteiger partial charge in [-0.1, -0.05) is 18.2 Å². The zero-order valence-electron chi connectivity index (χ0n) is 24.6. The van der Waals surface area contributed by atoms with Crippen LogP contribution in [0.4, 0.5) is 0 Å². The van der Waals surface area contributed by atoms with Gasteiger partial charge in [0.25, 0.3) is 0 Å². The summed E-state index contributed by atoms with van der Waals surface area (Å²) >= 11 is 1.81. The van der Waals surface area contributed by atoms with Crippen molar-refractivity contribution in [3.05, 3.63) is 117 Å². The first-order valence-corrected chi connectivity index (χ1v) is 14.5. The molecule has 0 aliphatic carbocycles. The Morgan fingerprint density at radius 1 is 0.750 bits per heavy atom. The molecular weight excluding hydrogens is 508 g/mol. The summed E-state index contributed by atoms with van der Waals surface area (Å²) in [6, 6.07) is 24.2. The van der Waals surface area contributed by atoms with E-state index in [0.29, 0.717) is 0 Å². The molecule has 7 aromatic rings. The Balaban J connectivity index is 1.50. The van der Waals surface area contributed by atoms with Crippen molar-refractivity contribution in [3.8, 4) is 22.5 Å². The van der Waals surface area contributed by atoms with E-state index in [0.717, 1.165) is 55.6 Å². The minimum Gasteiger partial charge on any atom is -0.454 e. The van der Waals surface area contributed by atoms with Gasteiger partial charge in [0, 0.05) is 41.7 Å². The van der Waals surface area contributed by atoms with Crippen LogP contribution in [-0.2, 0) is 5.66 Å². The number of fused-ring (bicyclic) bond motifs is 16. The lowest BCUT2D eigenvalue weighted by molar-refractivity contribution is -0.955. The van der Waals surface area contributed by atoms with Gasteiger partial charge in [-0.25, -0.2) is 0 Å². The molecule has 40 heavy (non-hydrogen) atoms. The summed E-state index contributed by atoms with van der Waals surface area (Å²) in [4.78, 5) is 1.32. The predicted molar refractivity (Wildman–Crippen MR) is 162 cm³/mol. The van der Waals surface area contributed by atoms with Crippen LogP contribution >= 0.6 is 11.3 Å². The van der Waals surface area contributed by atoms with Crippen LogP contribution in [0.15, 0.2) is 83.5 Å². The van der Waals surface area contributed by atoms with Gasteiger partial charge in [0.1, 0.15) is 22.3 Å². The molecule has 1 atom stereocenters. The molecule has 9 rings (SSSR count). The van der Waals surface area contributed by atoms with E-state index in [1.807, 2.05) is 0 Å². The molecule has 3 aromatic carbocycles. The van der Waals surface area contributed by atoms with Gasteiger partial charge in [-0.15, -0.1) is 20.5 Å². The third-order valence-electron chi connectivity index (χ3n) is 9.22. The van der Waals surface area contributed by atoms with Crippen molar-refractivity contribution in [3.63, 3.8) is 0 Å². The summed E-state index contributed by atoms with van der Waals surface area (Å²) in [5.74, 6) is 0. The number of benzene rings is 3. The maximum atomic E-state index is 8.37. The molecule has 6 heterocycles. The van der Waals surface area contributed by atoms with Crippen molar-refractivity contribution in [2.75, 3.05) is 0 Å². The fraction of sp³-hybridized carbons (Fsp3) is 0.167. The van der Waals surface area contributed by atoms with Crippen LogP contribution in [-0.4, -0.2) is 0 Å². The van der Waals surface area contributed by atoms with E-state index in [-0.39, 0.29) is 13.8 Å². The van der Waals surface area contributed by atoms with E-state index < -0.39 is 5.66 Å². The number of hydrogen-bond acceptors (Lipinski definition) is 2. The summed E-state index contributed by atoms with van der Waals surface area (Å²) in [6.07, 6.45) is 4.38. The highest BCUT2D eigenvalue weighted by molar-refractivity contribution is 7.20. The standard InChI is InChI=1S/C36H28N2OS/c1-19-10-15-30-27-8-6-7-9-28(27)36(37(30)17-19)29-14-13-25-26-12-11-24-22(4)23(5)40-35(24)34(26)39-33(25)32(29)31-16-20(2)21(3)18-38(31)36/h6-18H,1-5H3/q+2/i2D,3D. The summed E-state index contributed by atoms with van der Waals surface area (Å²) in [6.45, 7) is 6.78. The first-order valence-electron chi connectivity index (χ1n) is 15.1. The van der Waals surface area contributed by atoms with Crippen LogP contribution in [0.2, 0.25) is 0 Å². The van der Waals surface area contributed by atoms with Gasteiger partial charge in [-0.3, -0.25) is 0 Å². The normalized spacial score (nSPS) is 17.4. The molecule has 0 radical (unpaired) electrons. The number of aromatic nitrogens is 2. The Morgan fingerprint density at radius 3 is 2.40 bits per heavy atom. The van der Waals surface area contributed by atoms with Gasteiger partial charge in [-0.05, 0) is 87.5 Å². The van der Waals surface area contributed by atoms with E-state index in [9.17, 15) is 0 Å². The van der Waals surface area contributed by atoms with E-state index in [1.165, 1.54) is 37.2 Å². The molecule has 1 spiro atoms. The van der Waals surface area contributed by atoms with Crippen LogP contribution in [0.3, 0.4) is 0 Å². The highest BCUT2D eigenvalue weighted by Crippen LogP contribution is 2.51. The second-order valence-electron chi connectivity index (χ2n) is 11.3. The lowest BCUT2D eigenvalue weighted by atomic mass is 9.89. The van der Waals surface area contributed by atoms with Crippen LogP contribution in [0.25, 0.3) is 54.5 Å². The molecule has 2 aliphatic rings. The van der Waals surface area contributed by atoms with Crippen molar-refractivity contribution in [2.45, 2.75) is 40.2 Å². The number of hydrogen-bond donors (Lipinski definition) is 0. The van der Waals surface area contributed by atoms with Gasteiger partial charge in [0.2, 0.25) is 11.4 Å². The molecule has 0 saturated heterocycles. The number of thiophene rings is 1. The molecule has 3 nitrogen and oxygen atoms in total. The SMILES string of the molecule is [2H]Cc1cc2[n+](cc1C[2H])C1(c3ccccc3-c3ccc(C)c[n+]31)c1ccc3c(oc4c3ccc3c(C)c(C)sc34)c1-2. The van der Waals surface area contributed by atoms with Gasteiger partial charge in [0.05, 0.1) is 10.3 Å². The average molecular weight is 539 g/mol. The monoisotopic (exact) mass is 538 g/mol. The van der Waals surface area contributed by atoms with Crippen LogP contribution in [0, 0.1) is 34.6 Å². The van der Waals surface area contributed by atoms with Crippen LogP contribution in [0.1, 0.15) is 41.0 Å². The topological polar surface area (TPSA) is 20.9 Å². The highest BCUT2D eigenvalue weighted by Gasteiger charge is 2.67.